The van der Waals surface area contributed by atoms with Crippen molar-refractivity contribution in [1.82, 2.24) is 9.88 Å². The predicted molar refractivity (Wildman–Crippen MR) is 89.9 cm³/mol. The number of aryl methyl sites for hydroxylation is 2. The van der Waals surface area contributed by atoms with Crippen LogP contribution in [0.4, 0.5) is 0 Å². The number of hydrogen-bond donors (Lipinski definition) is 0. The maximum Gasteiger partial charge on any atom is 0.223 e. The van der Waals surface area contributed by atoms with Gasteiger partial charge in [0.05, 0.1) is 6.04 Å². The first-order valence-electron chi connectivity index (χ1n) is 7.99. The fraction of sp³-hybridized carbons (Fsp3) is 0.444. The van der Waals surface area contributed by atoms with Crippen molar-refractivity contribution in [1.29, 1.82) is 0 Å². The number of amides is 1. The second-order valence-corrected chi connectivity index (χ2v) is 6.80. The van der Waals surface area contributed by atoms with Crippen LogP contribution in [0.25, 0.3) is 0 Å². The van der Waals surface area contributed by atoms with Gasteiger partial charge in [-0.1, -0.05) is 30.3 Å². The smallest absolute Gasteiger partial charge is 0.223 e. The summed E-state index contributed by atoms with van der Waals surface area (Å²) in [6.07, 6.45) is 4.75. The molecule has 0 spiro atoms. The Hall–Kier alpha value is -1.68. The van der Waals surface area contributed by atoms with Crippen molar-refractivity contribution in [2.75, 3.05) is 6.54 Å². The van der Waals surface area contributed by atoms with E-state index < -0.39 is 0 Å². The van der Waals surface area contributed by atoms with Gasteiger partial charge in [0.15, 0.2) is 0 Å². The minimum atomic E-state index is 0.190. The summed E-state index contributed by atoms with van der Waals surface area (Å²) in [5.74, 6) is 0.265. The first-order chi connectivity index (χ1) is 10.7. The van der Waals surface area contributed by atoms with Crippen molar-refractivity contribution in [3.63, 3.8) is 0 Å². The molecule has 3 rings (SSSR count). The topological polar surface area (TPSA) is 33.2 Å². The van der Waals surface area contributed by atoms with Crippen LogP contribution in [0.1, 0.15) is 48.0 Å². The third-order valence-electron chi connectivity index (χ3n) is 4.22. The molecule has 4 heteroatoms. The van der Waals surface area contributed by atoms with Gasteiger partial charge in [-0.2, -0.15) is 0 Å². The molecule has 2 heterocycles. The molecule has 22 heavy (non-hydrogen) atoms. The van der Waals surface area contributed by atoms with E-state index in [0.717, 1.165) is 36.5 Å². The van der Waals surface area contributed by atoms with Crippen molar-refractivity contribution in [3.8, 4) is 0 Å². The first kappa shape index (κ1) is 15.2. The average molecular weight is 314 g/mol. The van der Waals surface area contributed by atoms with Crippen LogP contribution in [-0.2, 0) is 11.2 Å². The molecule has 1 fully saturated rings. The van der Waals surface area contributed by atoms with E-state index in [1.165, 1.54) is 12.0 Å². The van der Waals surface area contributed by atoms with E-state index in [-0.39, 0.29) is 11.9 Å². The SMILES string of the molecule is Cc1csc([C@H]2CCCCN2C(=O)CCc2ccccc2)n1. The van der Waals surface area contributed by atoms with E-state index in [9.17, 15) is 4.79 Å². The highest BCUT2D eigenvalue weighted by atomic mass is 32.1. The summed E-state index contributed by atoms with van der Waals surface area (Å²) < 4.78 is 0. The number of aromatic nitrogens is 1. The number of hydrogen-bond acceptors (Lipinski definition) is 3. The zero-order valence-corrected chi connectivity index (χ0v) is 13.8. The maximum atomic E-state index is 12.7. The fourth-order valence-electron chi connectivity index (χ4n) is 3.05. The highest BCUT2D eigenvalue weighted by Gasteiger charge is 2.29. The quantitative estimate of drug-likeness (QED) is 0.850. The Morgan fingerprint density at radius 2 is 2.14 bits per heavy atom. The molecule has 1 aromatic carbocycles. The monoisotopic (exact) mass is 314 g/mol. The lowest BCUT2D eigenvalue weighted by Crippen LogP contribution is -2.38. The van der Waals surface area contributed by atoms with Crippen LogP contribution in [-0.4, -0.2) is 22.3 Å². The van der Waals surface area contributed by atoms with E-state index in [2.05, 4.69) is 27.4 Å². The van der Waals surface area contributed by atoms with Gasteiger partial charge in [-0.15, -0.1) is 11.3 Å². The number of nitrogens with zero attached hydrogens (tertiary/aromatic N) is 2. The molecule has 1 amide bonds. The summed E-state index contributed by atoms with van der Waals surface area (Å²) in [6, 6.07) is 10.4. The molecule has 1 aliphatic rings. The predicted octanol–water partition coefficient (Wildman–Crippen LogP) is 4.14. The van der Waals surface area contributed by atoms with Gasteiger partial charge < -0.3 is 4.90 Å². The minimum Gasteiger partial charge on any atom is -0.333 e. The molecular formula is C18H22N2OS. The van der Waals surface area contributed by atoms with Crippen molar-refractivity contribution in [3.05, 3.63) is 52.0 Å². The Morgan fingerprint density at radius 3 is 2.86 bits per heavy atom. The largest absolute Gasteiger partial charge is 0.333 e. The van der Waals surface area contributed by atoms with Crippen molar-refractivity contribution in [2.24, 2.45) is 0 Å². The molecule has 3 nitrogen and oxygen atoms in total. The standard InChI is InChI=1S/C18H22N2OS/c1-14-13-22-18(19-14)16-9-5-6-12-20(16)17(21)11-10-15-7-3-2-4-8-15/h2-4,7-8,13,16H,5-6,9-12H2,1H3/t16-/m1/s1. The average Bonchev–Trinajstić information content (AvgIpc) is 3.00. The van der Waals surface area contributed by atoms with Crippen LogP contribution in [0.5, 0.6) is 0 Å². The molecule has 0 bridgehead atoms. The zero-order valence-electron chi connectivity index (χ0n) is 13.0. The number of likely N-dealkylation sites (tertiary alicyclic amines) is 1. The molecule has 1 saturated heterocycles. The molecule has 1 atom stereocenters. The van der Waals surface area contributed by atoms with Gasteiger partial charge in [-0.05, 0) is 38.2 Å². The zero-order chi connectivity index (χ0) is 15.4. The van der Waals surface area contributed by atoms with Gasteiger partial charge in [0, 0.05) is 24.0 Å². The molecule has 0 aliphatic carbocycles. The Labute approximate surface area is 136 Å². The summed E-state index contributed by atoms with van der Waals surface area (Å²) in [5.41, 5.74) is 2.29. The number of benzene rings is 1. The normalized spacial score (nSPS) is 18.4. The van der Waals surface area contributed by atoms with E-state index >= 15 is 0 Å². The highest BCUT2D eigenvalue weighted by molar-refractivity contribution is 7.09. The molecule has 0 radical (unpaired) electrons. The number of piperidine rings is 1. The van der Waals surface area contributed by atoms with Crippen LogP contribution in [0.3, 0.4) is 0 Å². The van der Waals surface area contributed by atoms with Crippen molar-refractivity contribution >= 4 is 17.2 Å². The van der Waals surface area contributed by atoms with E-state index in [1.54, 1.807) is 11.3 Å². The van der Waals surface area contributed by atoms with Gasteiger partial charge >= 0.3 is 0 Å². The lowest BCUT2D eigenvalue weighted by atomic mass is 10.0. The Bertz CT molecular complexity index is 623. The molecule has 0 saturated carbocycles. The van der Waals surface area contributed by atoms with Gasteiger partial charge in [-0.25, -0.2) is 4.98 Å². The lowest BCUT2D eigenvalue weighted by molar-refractivity contribution is -0.135. The highest BCUT2D eigenvalue weighted by Crippen LogP contribution is 2.33. The number of carbonyl (C=O) groups excluding carboxylic acids is 1. The first-order valence-corrected chi connectivity index (χ1v) is 8.87. The van der Waals surface area contributed by atoms with Gasteiger partial charge in [0.2, 0.25) is 5.91 Å². The van der Waals surface area contributed by atoms with Gasteiger partial charge in [-0.3, -0.25) is 4.79 Å². The molecule has 1 aromatic heterocycles. The van der Waals surface area contributed by atoms with Gasteiger partial charge in [0.25, 0.3) is 0 Å². The Kier molecular flexibility index (Phi) is 4.88. The van der Waals surface area contributed by atoms with Crippen LogP contribution in [0.2, 0.25) is 0 Å². The molecular weight excluding hydrogens is 292 g/mol. The lowest BCUT2D eigenvalue weighted by Gasteiger charge is -2.34. The van der Waals surface area contributed by atoms with Gasteiger partial charge in [0.1, 0.15) is 5.01 Å². The van der Waals surface area contributed by atoms with Crippen LogP contribution in [0, 0.1) is 6.92 Å². The van der Waals surface area contributed by atoms with Crippen LogP contribution < -0.4 is 0 Å². The summed E-state index contributed by atoms with van der Waals surface area (Å²) in [5, 5.41) is 3.18. The summed E-state index contributed by atoms with van der Waals surface area (Å²) in [7, 11) is 0. The molecule has 2 aromatic rings. The van der Waals surface area contributed by atoms with Crippen molar-refractivity contribution in [2.45, 2.75) is 45.1 Å². The van der Waals surface area contributed by atoms with E-state index in [1.807, 2.05) is 25.1 Å². The number of thiazole rings is 1. The second kappa shape index (κ2) is 7.05. The Morgan fingerprint density at radius 1 is 1.32 bits per heavy atom. The molecule has 0 unspecified atom stereocenters. The third-order valence-corrected chi connectivity index (χ3v) is 5.28. The molecule has 1 aliphatic heterocycles. The third kappa shape index (κ3) is 3.55. The number of carbonyl (C=O) groups is 1. The van der Waals surface area contributed by atoms with Crippen molar-refractivity contribution < 1.29 is 4.79 Å². The fourth-order valence-corrected chi connectivity index (χ4v) is 3.99. The molecule has 116 valence electrons. The summed E-state index contributed by atoms with van der Waals surface area (Å²) in [6.45, 7) is 2.89. The molecule has 0 N–H and O–H groups in total. The second-order valence-electron chi connectivity index (χ2n) is 5.91. The summed E-state index contributed by atoms with van der Waals surface area (Å²) in [4.78, 5) is 19.3. The van der Waals surface area contributed by atoms with Crippen LogP contribution in [0.15, 0.2) is 35.7 Å². The van der Waals surface area contributed by atoms with E-state index in [0.29, 0.717) is 6.42 Å². The summed E-state index contributed by atoms with van der Waals surface area (Å²) >= 11 is 1.69. The van der Waals surface area contributed by atoms with Crippen LogP contribution >= 0.6 is 11.3 Å². The van der Waals surface area contributed by atoms with E-state index in [4.69, 9.17) is 0 Å². The number of rotatable bonds is 4. The minimum absolute atomic E-state index is 0.190. The Balaban J connectivity index is 1.66. The maximum absolute atomic E-state index is 12.7.